The summed E-state index contributed by atoms with van der Waals surface area (Å²) in [5.41, 5.74) is 8.78. The molecule has 0 radical (unpaired) electrons. The second kappa shape index (κ2) is 5.37. The lowest BCUT2D eigenvalue weighted by molar-refractivity contribution is 0.325. The highest BCUT2D eigenvalue weighted by atomic mass is 15.4. The van der Waals surface area contributed by atoms with Gasteiger partial charge < -0.3 is 5.73 Å². The van der Waals surface area contributed by atoms with Crippen LogP contribution in [0.15, 0.2) is 24.3 Å². The second-order valence-corrected chi connectivity index (χ2v) is 6.00. The van der Waals surface area contributed by atoms with Gasteiger partial charge in [0.2, 0.25) is 0 Å². The van der Waals surface area contributed by atoms with Gasteiger partial charge in [0.1, 0.15) is 5.82 Å². The first kappa shape index (κ1) is 13.3. The van der Waals surface area contributed by atoms with Crippen molar-refractivity contribution in [2.24, 2.45) is 11.7 Å². The van der Waals surface area contributed by atoms with E-state index in [0.717, 1.165) is 37.5 Å². The number of aromatic nitrogens is 3. The molecule has 0 bridgehead atoms. The highest BCUT2D eigenvalue weighted by molar-refractivity contribution is 5.21. The summed E-state index contributed by atoms with van der Waals surface area (Å²) in [7, 11) is 0. The summed E-state index contributed by atoms with van der Waals surface area (Å²) in [5.74, 6) is 2.47. The van der Waals surface area contributed by atoms with Gasteiger partial charge in [0, 0.05) is 13.0 Å². The van der Waals surface area contributed by atoms with E-state index in [1.807, 2.05) is 4.68 Å². The molecular weight excluding hydrogens is 248 g/mol. The third-order valence-corrected chi connectivity index (χ3v) is 3.97. The number of nitrogens with zero attached hydrogens (tertiary/aromatic N) is 3. The quantitative estimate of drug-likeness (QED) is 0.931. The first-order valence-electron chi connectivity index (χ1n) is 7.36. The fourth-order valence-corrected chi connectivity index (χ4v) is 2.84. The molecule has 2 aromatic rings. The molecule has 0 saturated heterocycles. The van der Waals surface area contributed by atoms with Gasteiger partial charge >= 0.3 is 0 Å². The zero-order valence-corrected chi connectivity index (χ0v) is 12.2. The Morgan fingerprint density at radius 3 is 2.75 bits per heavy atom. The number of hydrogen-bond acceptors (Lipinski definition) is 3. The number of fused-ring (bicyclic) bond motifs is 1. The third kappa shape index (κ3) is 2.75. The molecule has 2 unspecified atom stereocenters. The largest absolute Gasteiger partial charge is 0.321 e. The normalized spacial score (nSPS) is 21.8. The average molecular weight is 270 g/mol. The van der Waals surface area contributed by atoms with Crippen LogP contribution >= 0.6 is 0 Å². The van der Waals surface area contributed by atoms with Crippen LogP contribution in [0.5, 0.6) is 0 Å². The maximum atomic E-state index is 6.15. The monoisotopic (exact) mass is 270 g/mol. The Hall–Kier alpha value is -1.68. The van der Waals surface area contributed by atoms with Crippen LogP contribution in [0.2, 0.25) is 0 Å². The Morgan fingerprint density at radius 2 is 2.00 bits per heavy atom. The number of hydrogen-bond donors (Lipinski definition) is 1. The first-order chi connectivity index (χ1) is 9.61. The summed E-state index contributed by atoms with van der Waals surface area (Å²) in [4.78, 5) is 4.63. The van der Waals surface area contributed by atoms with Crippen LogP contribution in [0.25, 0.3) is 0 Å². The molecule has 1 aliphatic rings. The Kier molecular flexibility index (Phi) is 3.57. The van der Waals surface area contributed by atoms with E-state index in [2.05, 4.69) is 48.2 Å². The van der Waals surface area contributed by atoms with Gasteiger partial charge in [0.25, 0.3) is 0 Å². The van der Waals surface area contributed by atoms with Gasteiger partial charge in [-0.05, 0) is 31.2 Å². The fourth-order valence-electron chi connectivity index (χ4n) is 2.84. The molecule has 1 aromatic heterocycles. The molecule has 0 spiro atoms. The molecule has 2 heterocycles. The van der Waals surface area contributed by atoms with Crippen molar-refractivity contribution in [3.8, 4) is 0 Å². The van der Waals surface area contributed by atoms with Crippen LogP contribution in [0, 0.1) is 12.8 Å². The molecule has 1 aromatic carbocycles. The Morgan fingerprint density at radius 1 is 1.25 bits per heavy atom. The van der Waals surface area contributed by atoms with Crippen LogP contribution in [0.3, 0.4) is 0 Å². The molecular formula is C16H22N4. The Bertz CT molecular complexity index is 585. The number of rotatable bonds is 3. The molecule has 106 valence electrons. The van der Waals surface area contributed by atoms with Crippen LogP contribution in [0.4, 0.5) is 0 Å². The summed E-state index contributed by atoms with van der Waals surface area (Å²) in [5, 5.41) is 4.61. The Balaban J connectivity index is 1.70. The zero-order valence-electron chi connectivity index (χ0n) is 12.2. The molecule has 3 rings (SSSR count). The second-order valence-electron chi connectivity index (χ2n) is 6.00. The van der Waals surface area contributed by atoms with Crippen molar-refractivity contribution in [1.82, 2.24) is 14.8 Å². The minimum absolute atomic E-state index is 0.0411. The van der Waals surface area contributed by atoms with Crippen LogP contribution in [-0.2, 0) is 19.4 Å². The van der Waals surface area contributed by atoms with E-state index in [1.165, 1.54) is 11.1 Å². The van der Waals surface area contributed by atoms with E-state index in [4.69, 9.17) is 5.73 Å². The summed E-state index contributed by atoms with van der Waals surface area (Å²) in [6, 6.07) is 8.70. The number of nitrogens with two attached hydrogens (primary N) is 1. The molecule has 1 aliphatic heterocycles. The van der Waals surface area contributed by atoms with Gasteiger partial charge in [-0.15, -0.1) is 0 Å². The molecule has 0 aliphatic carbocycles. The van der Waals surface area contributed by atoms with Crippen LogP contribution < -0.4 is 5.73 Å². The SMILES string of the molecule is Cc1ccc(CCc2nc3n(n2)CC(C)CC3N)cc1. The summed E-state index contributed by atoms with van der Waals surface area (Å²) >= 11 is 0. The van der Waals surface area contributed by atoms with E-state index < -0.39 is 0 Å². The molecule has 0 saturated carbocycles. The van der Waals surface area contributed by atoms with Gasteiger partial charge in [0.15, 0.2) is 5.82 Å². The predicted molar refractivity (Wildman–Crippen MR) is 79.3 cm³/mol. The number of aryl methyl sites for hydroxylation is 3. The summed E-state index contributed by atoms with van der Waals surface area (Å²) in [6.07, 6.45) is 2.87. The van der Waals surface area contributed by atoms with Gasteiger partial charge in [-0.2, -0.15) is 5.10 Å². The maximum absolute atomic E-state index is 6.15. The minimum Gasteiger partial charge on any atom is -0.321 e. The topological polar surface area (TPSA) is 56.7 Å². The predicted octanol–water partition coefficient (Wildman–Crippen LogP) is 2.41. The first-order valence-corrected chi connectivity index (χ1v) is 7.36. The minimum atomic E-state index is 0.0411. The summed E-state index contributed by atoms with van der Waals surface area (Å²) in [6.45, 7) is 5.27. The zero-order chi connectivity index (χ0) is 14.1. The molecule has 2 atom stereocenters. The maximum Gasteiger partial charge on any atom is 0.151 e. The standard InChI is InChI=1S/C16H22N4/c1-11-3-5-13(6-4-11)7-8-15-18-16-14(17)9-12(2)10-20(16)19-15/h3-6,12,14H,7-10,17H2,1-2H3. The lowest BCUT2D eigenvalue weighted by Crippen LogP contribution is -2.27. The van der Waals surface area contributed by atoms with E-state index in [1.54, 1.807) is 0 Å². The van der Waals surface area contributed by atoms with E-state index in [9.17, 15) is 0 Å². The third-order valence-electron chi connectivity index (χ3n) is 3.97. The van der Waals surface area contributed by atoms with Gasteiger partial charge in [-0.25, -0.2) is 9.67 Å². The van der Waals surface area contributed by atoms with Crippen molar-refractivity contribution in [3.05, 3.63) is 47.0 Å². The van der Waals surface area contributed by atoms with Gasteiger partial charge in [-0.3, -0.25) is 0 Å². The van der Waals surface area contributed by atoms with E-state index in [0.29, 0.717) is 5.92 Å². The average Bonchev–Trinajstić information content (AvgIpc) is 2.81. The Labute approximate surface area is 120 Å². The number of benzene rings is 1. The van der Waals surface area contributed by atoms with Crippen LogP contribution in [0.1, 0.15) is 42.2 Å². The van der Waals surface area contributed by atoms with Crippen molar-refractivity contribution in [1.29, 1.82) is 0 Å². The molecule has 4 heteroatoms. The molecule has 0 fully saturated rings. The summed E-state index contributed by atoms with van der Waals surface area (Å²) < 4.78 is 2.00. The molecule has 20 heavy (non-hydrogen) atoms. The van der Waals surface area contributed by atoms with Crippen molar-refractivity contribution in [2.45, 2.75) is 45.7 Å². The molecule has 2 N–H and O–H groups in total. The lowest BCUT2D eigenvalue weighted by atomic mass is 9.98. The van der Waals surface area contributed by atoms with Gasteiger partial charge in [0.05, 0.1) is 6.04 Å². The highest BCUT2D eigenvalue weighted by Crippen LogP contribution is 2.25. The highest BCUT2D eigenvalue weighted by Gasteiger charge is 2.25. The van der Waals surface area contributed by atoms with Crippen molar-refractivity contribution >= 4 is 0 Å². The molecule has 0 amide bonds. The lowest BCUT2D eigenvalue weighted by Gasteiger charge is -2.23. The van der Waals surface area contributed by atoms with Crippen molar-refractivity contribution in [2.75, 3.05) is 0 Å². The smallest absolute Gasteiger partial charge is 0.151 e. The van der Waals surface area contributed by atoms with Crippen molar-refractivity contribution in [3.63, 3.8) is 0 Å². The van der Waals surface area contributed by atoms with E-state index >= 15 is 0 Å². The van der Waals surface area contributed by atoms with Gasteiger partial charge in [-0.1, -0.05) is 36.8 Å². The molecule has 4 nitrogen and oxygen atoms in total. The fraction of sp³-hybridized carbons (Fsp3) is 0.500. The van der Waals surface area contributed by atoms with Crippen molar-refractivity contribution < 1.29 is 0 Å². The van der Waals surface area contributed by atoms with E-state index in [-0.39, 0.29) is 6.04 Å². The van der Waals surface area contributed by atoms with Crippen LogP contribution in [-0.4, -0.2) is 14.8 Å².